The molecular weight excluding hydrogens is 364 g/mol. The highest BCUT2D eigenvalue weighted by Gasteiger charge is 2.27. The van der Waals surface area contributed by atoms with E-state index in [0.29, 0.717) is 6.10 Å². The molecule has 0 aliphatic carbocycles. The summed E-state index contributed by atoms with van der Waals surface area (Å²) in [5.41, 5.74) is 2.90. The molecule has 1 atom stereocenters. The smallest absolute Gasteiger partial charge is 0.227 e. The number of nitrogens with zero attached hydrogens (tertiary/aromatic N) is 1. The van der Waals surface area contributed by atoms with Gasteiger partial charge in [0.2, 0.25) is 5.91 Å². The third-order valence-electron chi connectivity index (χ3n) is 6.01. The van der Waals surface area contributed by atoms with Gasteiger partial charge in [-0.2, -0.15) is 0 Å². The normalized spacial score (nSPS) is 20.5. The zero-order valence-corrected chi connectivity index (χ0v) is 17.1. The Labute approximate surface area is 173 Å². The number of hydrogen-bond acceptors (Lipinski definition) is 4. The zero-order chi connectivity index (χ0) is 20.1. The van der Waals surface area contributed by atoms with Gasteiger partial charge in [0, 0.05) is 30.3 Å². The van der Waals surface area contributed by atoms with E-state index in [4.69, 9.17) is 9.47 Å². The van der Waals surface area contributed by atoms with E-state index in [9.17, 15) is 4.79 Å². The Bertz CT molecular complexity index is 824. The summed E-state index contributed by atoms with van der Waals surface area (Å²) in [6.45, 7) is 3.84. The number of likely N-dealkylation sites (tertiary alicyclic amines) is 1. The molecular formula is C24H30N2O3. The molecule has 0 bridgehead atoms. The van der Waals surface area contributed by atoms with E-state index >= 15 is 0 Å². The van der Waals surface area contributed by atoms with Gasteiger partial charge in [0.1, 0.15) is 5.75 Å². The molecule has 2 aromatic rings. The second-order valence-electron chi connectivity index (χ2n) is 7.98. The van der Waals surface area contributed by atoms with E-state index in [2.05, 4.69) is 10.2 Å². The number of nitrogens with one attached hydrogen (secondary N) is 1. The number of carbonyl (C=O) groups is 1. The largest absolute Gasteiger partial charge is 0.497 e. The first-order valence-corrected chi connectivity index (χ1v) is 10.6. The first-order valence-electron chi connectivity index (χ1n) is 10.6. The Morgan fingerprint density at radius 1 is 1.14 bits per heavy atom. The lowest BCUT2D eigenvalue weighted by atomic mass is 9.95. The molecule has 2 aliphatic rings. The molecule has 1 N–H and O–H groups in total. The zero-order valence-electron chi connectivity index (χ0n) is 17.1. The number of ether oxygens (including phenoxy) is 2. The number of anilines is 1. The van der Waals surface area contributed by atoms with Crippen molar-refractivity contribution in [3.63, 3.8) is 0 Å². The minimum atomic E-state index is 0.0640. The van der Waals surface area contributed by atoms with Crippen molar-refractivity contribution in [1.29, 1.82) is 0 Å². The predicted octanol–water partition coefficient (Wildman–Crippen LogP) is 4.19. The third-order valence-corrected chi connectivity index (χ3v) is 6.01. The SMILES string of the molecule is COc1cccc(-c2ccccc2NC(=O)C2CCN(C[C@@H]3CCCO3)CC2)c1. The molecule has 2 heterocycles. The van der Waals surface area contributed by atoms with Crippen LogP contribution in [0.4, 0.5) is 5.69 Å². The van der Waals surface area contributed by atoms with Crippen LogP contribution in [0, 0.1) is 5.92 Å². The fraction of sp³-hybridized carbons (Fsp3) is 0.458. The Kier molecular flexibility index (Phi) is 6.47. The van der Waals surface area contributed by atoms with Crippen LogP contribution in [0.1, 0.15) is 25.7 Å². The fourth-order valence-corrected chi connectivity index (χ4v) is 4.32. The number of methoxy groups -OCH3 is 1. The van der Waals surface area contributed by atoms with E-state index in [0.717, 1.165) is 61.6 Å². The van der Waals surface area contributed by atoms with Crippen molar-refractivity contribution in [2.75, 3.05) is 38.7 Å². The maximum Gasteiger partial charge on any atom is 0.227 e. The van der Waals surface area contributed by atoms with Gasteiger partial charge in [0.15, 0.2) is 0 Å². The van der Waals surface area contributed by atoms with Crippen LogP contribution in [-0.4, -0.2) is 50.3 Å². The minimum Gasteiger partial charge on any atom is -0.497 e. The number of benzene rings is 2. The summed E-state index contributed by atoms with van der Waals surface area (Å²) in [6.07, 6.45) is 4.53. The molecule has 0 radical (unpaired) electrons. The highest BCUT2D eigenvalue weighted by Crippen LogP contribution is 2.31. The van der Waals surface area contributed by atoms with Crippen LogP contribution < -0.4 is 10.1 Å². The molecule has 1 amide bonds. The molecule has 2 saturated heterocycles. The molecule has 0 saturated carbocycles. The minimum absolute atomic E-state index is 0.0640. The van der Waals surface area contributed by atoms with Gasteiger partial charge in [0.05, 0.1) is 13.2 Å². The number of amides is 1. The number of hydrogen-bond donors (Lipinski definition) is 1. The van der Waals surface area contributed by atoms with E-state index in [1.165, 1.54) is 12.8 Å². The third kappa shape index (κ3) is 4.98. The number of piperidine rings is 1. The monoisotopic (exact) mass is 394 g/mol. The first kappa shape index (κ1) is 19.9. The molecule has 5 nitrogen and oxygen atoms in total. The van der Waals surface area contributed by atoms with Gasteiger partial charge in [0.25, 0.3) is 0 Å². The molecule has 0 unspecified atom stereocenters. The van der Waals surface area contributed by atoms with Crippen molar-refractivity contribution in [2.45, 2.75) is 31.8 Å². The van der Waals surface area contributed by atoms with E-state index in [1.54, 1.807) is 7.11 Å². The van der Waals surface area contributed by atoms with Gasteiger partial charge >= 0.3 is 0 Å². The second kappa shape index (κ2) is 9.42. The van der Waals surface area contributed by atoms with E-state index in [-0.39, 0.29) is 11.8 Å². The van der Waals surface area contributed by atoms with Gasteiger partial charge in [-0.25, -0.2) is 0 Å². The van der Waals surface area contributed by atoms with Gasteiger partial charge in [-0.15, -0.1) is 0 Å². The Morgan fingerprint density at radius 3 is 2.72 bits per heavy atom. The lowest BCUT2D eigenvalue weighted by molar-refractivity contribution is -0.121. The molecule has 2 fully saturated rings. The molecule has 29 heavy (non-hydrogen) atoms. The average molecular weight is 395 g/mol. The Balaban J connectivity index is 1.38. The summed E-state index contributed by atoms with van der Waals surface area (Å²) in [5.74, 6) is 0.994. The number of carbonyl (C=O) groups excluding carboxylic acids is 1. The van der Waals surface area contributed by atoms with Crippen molar-refractivity contribution >= 4 is 11.6 Å². The molecule has 5 heteroatoms. The van der Waals surface area contributed by atoms with Crippen LogP contribution in [0.3, 0.4) is 0 Å². The standard InChI is InChI=1S/C24H30N2O3/c1-28-20-7-4-6-19(16-20)22-9-2-3-10-23(22)25-24(27)18-11-13-26(14-12-18)17-21-8-5-15-29-21/h2-4,6-7,9-10,16,18,21H,5,8,11-15,17H2,1H3,(H,25,27)/t21-/m0/s1. The van der Waals surface area contributed by atoms with Crippen LogP contribution in [0.2, 0.25) is 0 Å². The van der Waals surface area contributed by atoms with Gasteiger partial charge in [-0.05, 0) is 62.5 Å². The predicted molar refractivity (Wildman–Crippen MR) is 115 cm³/mol. The molecule has 2 aliphatic heterocycles. The Hall–Kier alpha value is -2.37. The summed E-state index contributed by atoms with van der Waals surface area (Å²) < 4.78 is 11.1. The lowest BCUT2D eigenvalue weighted by Gasteiger charge is -2.32. The fourth-order valence-electron chi connectivity index (χ4n) is 4.32. The first-order chi connectivity index (χ1) is 14.2. The molecule has 2 aromatic carbocycles. The summed E-state index contributed by atoms with van der Waals surface area (Å²) in [5, 5.41) is 3.18. The van der Waals surface area contributed by atoms with Gasteiger partial charge in [-0.3, -0.25) is 4.79 Å². The van der Waals surface area contributed by atoms with Crippen molar-refractivity contribution in [3.05, 3.63) is 48.5 Å². The average Bonchev–Trinajstić information content (AvgIpc) is 3.28. The second-order valence-corrected chi connectivity index (χ2v) is 7.98. The maximum atomic E-state index is 12.9. The summed E-state index contributed by atoms with van der Waals surface area (Å²) in [6, 6.07) is 15.9. The van der Waals surface area contributed by atoms with Crippen LogP contribution >= 0.6 is 0 Å². The highest BCUT2D eigenvalue weighted by atomic mass is 16.5. The van der Waals surface area contributed by atoms with Crippen molar-refractivity contribution in [3.8, 4) is 16.9 Å². The molecule has 0 aromatic heterocycles. The topological polar surface area (TPSA) is 50.8 Å². The van der Waals surface area contributed by atoms with E-state index < -0.39 is 0 Å². The highest BCUT2D eigenvalue weighted by molar-refractivity contribution is 5.96. The summed E-state index contributed by atoms with van der Waals surface area (Å²) in [7, 11) is 1.66. The number of para-hydroxylation sites is 1. The maximum absolute atomic E-state index is 12.9. The van der Waals surface area contributed by atoms with Crippen molar-refractivity contribution in [1.82, 2.24) is 4.90 Å². The lowest BCUT2D eigenvalue weighted by Crippen LogP contribution is -2.41. The molecule has 4 rings (SSSR count). The van der Waals surface area contributed by atoms with Gasteiger partial charge in [-0.1, -0.05) is 30.3 Å². The Morgan fingerprint density at radius 2 is 1.97 bits per heavy atom. The van der Waals surface area contributed by atoms with Crippen LogP contribution in [0.25, 0.3) is 11.1 Å². The molecule has 0 spiro atoms. The van der Waals surface area contributed by atoms with Crippen LogP contribution in [-0.2, 0) is 9.53 Å². The molecule has 154 valence electrons. The van der Waals surface area contributed by atoms with Crippen LogP contribution in [0.15, 0.2) is 48.5 Å². The quantitative estimate of drug-likeness (QED) is 0.798. The van der Waals surface area contributed by atoms with Crippen LogP contribution in [0.5, 0.6) is 5.75 Å². The van der Waals surface area contributed by atoms with E-state index in [1.807, 2.05) is 48.5 Å². The summed E-state index contributed by atoms with van der Waals surface area (Å²) in [4.78, 5) is 15.4. The number of rotatable bonds is 6. The van der Waals surface area contributed by atoms with Gasteiger partial charge < -0.3 is 19.7 Å². The van der Waals surface area contributed by atoms with Crippen molar-refractivity contribution < 1.29 is 14.3 Å². The van der Waals surface area contributed by atoms with Crippen molar-refractivity contribution in [2.24, 2.45) is 5.92 Å². The summed E-state index contributed by atoms with van der Waals surface area (Å²) >= 11 is 0.